The van der Waals surface area contributed by atoms with Gasteiger partial charge in [-0.2, -0.15) is 18.3 Å². The number of amides is 1. The summed E-state index contributed by atoms with van der Waals surface area (Å²) >= 11 is 0.987. The van der Waals surface area contributed by atoms with E-state index in [0.717, 1.165) is 27.1 Å². The molecule has 0 atom stereocenters. The number of nitrogens with one attached hydrogen (secondary N) is 1. The zero-order valence-corrected chi connectivity index (χ0v) is 14.0. The molecule has 0 aliphatic rings. The highest BCUT2D eigenvalue weighted by Crippen LogP contribution is 2.37. The van der Waals surface area contributed by atoms with E-state index in [9.17, 15) is 18.0 Å². The van der Waals surface area contributed by atoms with Gasteiger partial charge in [-0.05, 0) is 37.1 Å². The highest BCUT2D eigenvalue weighted by Gasteiger charge is 2.37. The molecular weight excluding hydrogens is 339 g/mol. The van der Waals surface area contributed by atoms with Gasteiger partial charge in [-0.15, -0.1) is 11.3 Å². The SMILES string of the molecule is Cc1cccc(NC(=O)c2cc3c(C(F)(F)F)nn(C)c3s2)c1C. The second kappa shape index (κ2) is 5.62. The van der Waals surface area contributed by atoms with Crippen molar-refractivity contribution in [3.8, 4) is 0 Å². The lowest BCUT2D eigenvalue weighted by atomic mass is 10.1. The topological polar surface area (TPSA) is 46.9 Å². The molecule has 8 heteroatoms. The number of benzene rings is 1. The number of alkyl halides is 3. The first-order valence-corrected chi connectivity index (χ1v) is 7.91. The van der Waals surface area contributed by atoms with Crippen molar-refractivity contribution in [3.05, 3.63) is 46.0 Å². The van der Waals surface area contributed by atoms with Crippen LogP contribution in [0, 0.1) is 13.8 Å². The molecule has 3 aromatic rings. The Kier molecular flexibility index (Phi) is 3.87. The van der Waals surface area contributed by atoms with Crippen LogP contribution in [0.3, 0.4) is 0 Å². The molecule has 0 saturated carbocycles. The summed E-state index contributed by atoms with van der Waals surface area (Å²) < 4.78 is 40.2. The van der Waals surface area contributed by atoms with Gasteiger partial charge in [0.15, 0.2) is 5.69 Å². The predicted octanol–water partition coefficient (Wildman–Crippen LogP) is 4.52. The Hall–Kier alpha value is -2.35. The average molecular weight is 353 g/mol. The Labute approximate surface area is 139 Å². The van der Waals surface area contributed by atoms with Gasteiger partial charge in [0.25, 0.3) is 5.91 Å². The Morgan fingerprint density at radius 3 is 2.67 bits per heavy atom. The number of aryl methyl sites for hydroxylation is 2. The normalized spacial score (nSPS) is 11.9. The predicted molar refractivity (Wildman–Crippen MR) is 87.5 cm³/mol. The minimum Gasteiger partial charge on any atom is -0.321 e. The minimum atomic E-state index is -4.55. The van der Waals surface area contributed by atoms with Gasteiger partial charge in [-0.1, -0.05) is 12.1 Å². The van der Waals surface area contributed by atoms with Crippen LogP contribution in [0.5, 0.6) is 0 Å². The second-order valence-electron chi connectivity index (χ2n) is 5.50. The third-order valence-corrected chi connectivity index (χ3v) is 5.06. The van der Waals surface area contributed by atoms with Crippen LogP contribution < -0.4 is 5.32 Å². The molecular formula is C16H14F3N3OS. The minimum absolute atomic E-state index is 0.0545. The van der Waals surface area contributed by atoms with Crippen molar-refractivity contribution in [3.63, 3.8) is 0 Å². The van der Waals surface area contributed by atoms with Crippen LogP contribution in [0.4, 0.5) is 18.9 Å². The molecule has 2 heterocycles. The second-order valence-corrected chi connectivity index (χ2v) is 6.53. The van der Waals surface area contributed by atoms with Gasteiger partial charge in [0.05, 0.1) is 4.88 Å². The molecule has 24 heavy (non-hydrogen) atoms. The highest BCUT2D eigenvalue weighted by molar-refractivity contribution is 7.20. The number of aromatic nitrogens is 2. The van der Waals surface area contributed by atoms with Crippen molar-refractivity contribution in [2.24, 2.45) is 7.05 Å². The maximum Gasteiger partial charge on any atom is 0.435 e. The number of halogens is 3. The lowest BCUT2D eigenvalue weighted by Crippen LogP contribution is -2.12. The number of carbonyl (C=O) groups is 1. The zero-order valence-electron chi connectivity index (χ0n) is 13.2. The van der Waals surface area contributed by atoms with E-state index in [-0.39, 0.29) is 10.3 Å². The van der Waals surface area contributed by atoms with Crippen molar-refractivity contribution in [1.82, 2.24) is 9.78 Å². The van der Waals surface area contributed by atoms with E-state index >= 15 is 0 Å². The Morgan fingerprint density at radius 2 is 2.00 bits per heavy atom. The van der Waals surface area contributed by atoms with Crippen LogP contribution >= 0.6 is 11.3 Å². The van der Waals surface area contributed by atoms with Crippen LogP contribution in [0.1, 0.15) is 26.5 Å². The van der Waals surface area contributed by atoms with Crippen LogP contribution in [0.15, 0.2) is 24.3 Å². The van der Waals surface area contributed by atoms with E-state index in [1.807, 2.05) is 26.0 Å². The summed E-state index contributed by atoms with van der Waals surface area (Å²) in [6, 6.07) is 6.74. The fourth-order valence-electron chi connectivity index (χ4n) is 2.43. The summed E-state index contributed by atoms with van der Waals surface area (Å²) in [5.41, 5.74) is 1.62. The molecule has 4 nitrogen and oxygen atoms in total. The van der Waals surface area contributed by atoms with Crippen LogP contribution in [-0.2, 0) is 13.2 Å². The molecule has 0 unspecified atom stereocenters. The number of thiophene rings is 1. The maximum atomic E-state index is 13.0. The van der Waals surface area contributed by atoms with Crippen molar-refractivity contribution in [2.45, 2.75) is 20.0 Å². The van der Waals surface area contributed by atoms with Gasteiger partial charge >= 0.3 is 6.18 Å². The van der Waals surface area contributed by atoms with Gasteiger partial charge in [0.2, 0.25) is 0 Å². The molecule has 0 bridgehead atoms. The van der Waals surface area contributed by atoms with Gasteiger partial charge in [0.1, 0.15) is 4.83 Å². The molecule has 1 amide bonds. The summed E-state index contributed by atoms with van der Waals surface area (Å²) in [5, 5.41) is 6.20. The molecule has 0 aliphatic heterocycles. The van der Waals surface area contributed by atoms with Crippen LogP contribution in [0.2, 0.25) is 0 Å². The molecule has 0 saturated heterocycles. The molecule has 2 aromatic heterocycles. The lowest BCUT2D eigenvalue weighted by molar-refractivity contribution is -0.140. The summed E-state index contributed by atoms with van der Waals surface area (Å²) in [6.07, 6.45) is -4.55. The first-order chi connectivity index (χ1) is 11.2. The Bertz CT molecular complexity index is 940. The monoisotopic (exact) mass is 353 g/mol. The van der Waals surface area contributed by atoms with Crippen LogP contribution in [0.25, 0.3) is 10.2 Å². The van der Waals surface area contributed by atoms with E-state index < -0.39 is 17.8 Å². The third-order valence-electron chi connectivity index (χ3n) is 3.86. The molecule has 0 aliphatic carbocycles. The number of rotatable bonds is 2. The van der Waals surface area contributed by atoms with E-state index in [1.54, 1.807) is 6.07 Å². The summed E-state index contributed by atoms with van der Waals surface area (Å²) in [4.78, 5) is 12.9. The molecule has 0 fully saturated rings. The van der Waals surface area contributed by atoms with Crippen LogP contribution in [-0.4, -0.2) is 15.7 Å². The smallest absolute Gasteiger partial charge is 0.321 e. The third kappa shape index (κ3) is 2.77. The van der Waals surface area contributed by atoms with E-state index in [4.69, 9.17) is 0 Å². The lowest BCUT2D eigenvalue weighted by Gasteiger charge is -2.09. The Morgan fingerprint density at radius 1 is 1.29 bits per heavy atom. The highest BCUT2D eigenvalue weighted by atomic mass is 32.1. The first-order valence-electron chi connectivity index (χ1n) is 7.10. The number of nitrogens with zero attached hydrogens (tertiary/aromatic N) is 2. The molecule has 1 N–H and O–H groups in total. The quantitative estimate of drug-likeness (QED) is 0.736. The van der Waals surface area contributed by atoms with Crippen molar-refractivity contribution >= 4 is 33.1 Å². The number of anilines is 1. The van der Waals surface area contributed by atoms with Crippen molar-refractivity contribution in [1.29, 1.82) is 0 Å². The number of hydrogen-bond donors (Lipinski definition) is 1. The summed E-state index contributed by atoms with van der Waals surface area (Å²) in [5.74, 6) is -0.432. The standard InChI is InChI=1S/C16H14F3N3OS/c1-8-5-4-6-11(9(8)2)20-14(23)12-7-10-13(16(17,18)19)21-22(3)15(10)24-12/h4-7H,1-3H3,(H,20,23). The zero-order chi connectivity index (χ0) is 17.6. The van der Waals surface area contributed by atoms with Gasteiger partial charge < -0.3 is 5.32 Å². The Balaban J connectivity index is 1.98. The molecule has 0 radical (unpaired) electrons. The molecule has 126 valence electrons. The number of hydrogen-bond acceptors (Lipinski definition) is 3. The maximum absolute atomic E-state index is 13.0. The van der Waals surface area contributed by atoms with Gasteiger partial charge in [-0.25, -0.2) is 0 Å². The average Bonchev–Trinajstić information content (AvgIpc) is 3.04. The summed E-state index contributed by atoms with van der Waals surface area (Å²) in [6.45, 7) is 3.80. The number of carbonyl (C=O) groups excluding carboxylic acids is 1. The van der Waals surface area contributed by atoms with Gasteiger partial charge in [0, 0.05) is 18.1 Å². The van der Waals surface area contributed by atoms with Crippen molar-refractivity contribution < 1.29 is 18.0 Å². The van der Waals surface area contributed by atoms with E-state index in [2.05, 4.69) is 10.4 Å². The van der Waals surface area contributed by atoms with E-state index in [0.29, 0.717) is 10.5 Å². The summed E-state index contributed by atoms with van der Waals surface area (Å²) in [7, 11) is 1.43. The molecule has 0 spiro atoms. The number of fused-ring (bicyclic) bond motifs is 1. The van der Waals surface area contributed by atoms with Gasteiger partial charge in [-0.3, -0.25) is 9.48 Å². The van der Waals surface area contributed by atoms with E-state index in [1.165, 1.54) is 13.1 Å². The molecule has 1 aromatic carbocycles. The largest absolute Gasteiger partial charge is 0.435 e. The first kappa shape index (κ1) is 16.5. The fraction of sp³-hybridized carbons (Fsp3) is 0.250. The fourth-order valence-corrected chi connectivity index (χ4v) is 3.40. The van der Waals surface area contributed by atoms with Crippen molar-refractivity contribution in [2.75, 3.05) is 5.32 Å². The molecule has 3 rings (SSSR count).